The van der Waals surface area contributed by atoms with Crippen LogP contribution in [0.5, 0.6) is 0 Å². The van der Waals surface area contributed by atoms with Crippen LogP contribution in [-0.4, -0.2) is 15.0 Å². The van der Waals surface area contributed by atoms with Gasteiger partial charge in [0.05, 0.1) is 6.57 Å². The highest BCUT2D eigenvalue weighted by atomic mass is 15.0. The lowest BCUT2D eigenvalue weighted by atomic mass is 9.82. The normalized spacial score (nSPS) is 12.5. The molecule has 0 fully saturated rings. The summed E-state index contributed by atoms with van der Waals surface area (Å²) >= 11 is 0. The van der Waals surface area contributed by atoms with E-state index in [1.165, 1.54) is 22.3 Å². The average Bonchev–Trinajstić information content (AvgIpc) is 3.46. The molecular formula is C49H34N4. The van der Waals surface area contributed by atoms with E-state index in [4.69, 9.17) is 21.5 Å². The van der Waals surface area contributed by atoms with E-state index < -0.39 is 0 Å². The summed E-state index contributed by atoms with van der Waals surface area (Å²) in [7, 11) is 0. The Kier molecular flexibility index (Phi) is 7.83. The first-order valence-corrected chi connectivity index (χ1v) is 17.8. The van der Waals surface area contributed by atoms with Gasteiger partial charge in [0.25, 0.3) is 0 Å². The van der Waals surface area contributed by atoms with Crippen LogP contribution in [0.25, 0.3) is 83.5 Å². The molecule has 0 amide bonds. The fourth-order valence-electron chi connectivity index (χ4n) is 7.49. The van der Waals surface area contributed by atoms with Gasteiger partial charge in [0.2, 0.25) is 0 Å². The number of hydrogen-bond donors (Lipinski definition) is 0. The zero-order valence-corrected chi connectivity index (χ0v) is 29.5. The quantitative estimate of drug-likeness (QED) is 0.164. The summed E-state index contributed by atoms with van der Waals surface area (Å²) in [6, 6.07) is 58.8. The van der Waals surface area contributed by atoms with Crippen LogP contribution in [0.15, 0.2) is 170 Å². The van der Waals surface area contributed by atoms with Crippen LogP contribution in [0.1, 0.15) is 25.0 Å². The number of hydrogen-bond acceptors (Lipinski definition) is 3. The summed E-state index contributed by atoms with van der Waals surface area (Å²) in [5.74, 6) is 1.90. The lowest BCUT2D eigenvalue weighted by Crippen LogP contribution is -2.14. The third kappa shape index (κ3) is 5.89. The Morgan fingerprint density at radius 3 is 1.38 bits per heavy atom. The first-order chi connectivity index (χ1) is 25.9. The summed E-state index contributed by atoms with van der Waals surface area (Å²) in [4.78, 5) is 18.6. The molecule has 0 unspecified atom stereocenters. The molecule has 1 aromatic heterocycles. The van der Waals surface area contributed by atoms with Gasteiger partial charge in [-0.05, 0) is 73.8 Å². The SMILES string of the molecule is [C-]#[N+]c1ccc2c(c1)-c1cc(-c3ccc(-c4cccc(-c5nc(-c6ccccc6)nc(-c6ccc(-c7ccccc7)cc6)n5)c4)cc3)ccc1C2(C)C. The Labute approximate surface area is 310 Å². The fraction of sp³-hybridized carbons (Fsp3) is 0.0612. The Bertz CT molecular complexity index is 2670. The van der Waals surface area contributed by atoms with Crippen LogP contribution in [0.4, 0.5) is 5.69 Å². The van der Waals surface area contributed by atoms with Crippen LogP contribution in [-0.2, 0) is 5.41 Å². The van der Waals surface area contributed by atoms with Crippen molar-refractivity contribution in [3.05, 3.63) is 192 Å². The molecular weight excluding hydrogens is 645 g/mol. The van der Waals surface area contributed by atoms with Crippen molar-refractivity contribution >= 4 is 5.69 Å². The van der Waals surface area contributed by atoms with Gasteiger partial charge in [-0.2, -0.15) is 0 Å². The summed E-state index contributed by atoms with van der Waals surface area (Å²) in [6.45, 7) is 12.1. The molecule has 0 spiro atoms. The highest BCUT2D eigenvalue weighted by Crippen LogP contribution is 2.50. The zero-order chi connectivity index (χ0) is 35.9. The molecule has 1 heterocycles. The molecule has 7 aromatic carbocycles. The van der Waals surface area contributed by atoms with E-state index in [-0.39, 0.29) is 5.41 Å². The van der Waals surface area contributed by atoms with E-state index in [1.807, 2.05) is 48.5 Å². The summed E-state index contributed by atoms with van der Waals surface area (Å²) in [5.41, 5.74) is 15.1. The van der Waals surface area contributed by atoms with E-state index in [0.717, 1.165) is 50.1 Å². The highest BCUT2D eigenvalue weighted by Gasteiger charge is 2.35. The lowest BCUT2D eigenvalue weighted by Gasteiger charge is -2.21. The minimum atomic E-state index is -0.104. The maximum Gasteiger partial charge on any atom is 0.187 e. The maximum atomic E-state index is 7.56. The van der Waals surface area contributed by atoms with Gasteiger partial charge in [-0.15, -0.1) is 0 Å². The van der Waals surface area contributed by atoms with Crippen molar-refractivity contribution in [2.24, 2.45) is 0 Å². The zero-order valence-electron chi connectivity index (χ0n) is 29.5. The standard InChI is InChI=1S/C49H34N4/c1-49(2)44-27-25-39(30-42(44)43-31-41(50-3)26-28-45(43)49)35-19-17-34(18-20-35)38-15-10-16-40(29-38)48-52-46(36-13-8-5-9-14-36)51-47(53-48)37-23-21-33(22-24-37)32-11-6-4-7-12-32/h4-31H,1-2H3. The fourth-order valence-corrected chi connectivity index (χ4v) is 7.49. The molecule has 4 heteroatoms. The van der Waals surface area contributed by atoms with Gasteiger partial charge in [0, 0.05) is 22.1 Å². The number of rotatable bonds is 6. The minimum absolute atomic E-state index is 0.104. The Morgan fingerprint density at radius 2 is 0.774 bits per heavy atom. The number of benzene rings is 7. The van der Waals surface area contributed by atoms with Crippen LogP contribution in [0.2, 0.25) is 0 Å². The monoisotopic (exact) mass is 678 g/mol. The third-order valence-electron chi connectivity index (χ3n) is 10.4. The van der Waals surface area contributed by atoms with Crippen molar-refractivity contribution in [3.63, 3.8) is 0 Å². The predicted octanol–water partition coefficient (Wildman–Crippen LogP) is 12.7. The summed E-state index contributed by atoms with van der Waals surface area (Å²) in [5, 5.41) is 0. The number of fused-ring (bicyclic) bond motifs is 3. The molecule has 1 aliphatic rings. The molecule has 0 atom stereocenters. The summed E-state index contributed by atoms with van der Waals surface area (Å²) < 4.78 is 0. The van der Waals surface area contributed by atoms with Gasteiger partial charge in [0.15, 0.2) is 23.2 Å². The first kappa shape index (κ1) is 32.0. The van der Waals surface area contributed by atoms with Crippen LogP contribution in [0, 0.1) is 6.57 Å². The van der Waals surface area contributed by atoms with Gasteiger partial charge >= 0.3 is 0 Å². The third-order valence-corrected chi connectivity index (χ3v) is 10.4. The van der Waals surface area contributed by atoms with Gasteiger partial charge in [-0.25, -0.2) is 19.8 Å². The van der Waals surface area contributed by atoms with Crippen molar-refractivity contribution in [1.82, 2.24) is 15.0 Å². The molecule has 53 heavy (non-hydrogen) atoms. The van der Waals surface area contributed by atoms with Crippen LogP contribution in [0.3, 0.4) is 0 Å². The van der Waals surface area contributed by atoms with Crippen LogP contribution >= 0.6 is 0 Å². The molecule has 0 aliphatic heterocycles. The Morgan fingerprint density at radius 1 is 0.377 bits per heavy atom. The van der Waals surface area contributed by atoms with Gasteiger partial charge in [0.1, 0.15) is 0 Å². The second kappa shape index (κ2) is 13.0. The summed E-state index contributed by atoms with van der Waals surface area (Å²) in [6.07, 6.45) is 0. The molecule has 8 aromatic rings. The Hall–Kier alpha value is -6.96. The lowest BCUT2D eigenvalue weighted by molar-refractivity contribution is 0.660. The van der Waals surface area contributed by atoms with E-state index in [1.54, 1.807) is 0 Å². The number of nitrogens with zero attached hydrogens (tertiary/aromatic N) is 4. The van der Waals surface area contributed by atoms with Crippen molar-refractivity contribution in [3.8, 4) is 78.7 Å². The first-order valence-electron chi connectivity index (χ1n) is 17.8. The molecule has 0 radical (unpaired) electrons. The van der Waals surface area contributed by atoms with Gasteiger partial charge in [-0.1, -0.05) is 166 Å². The molecule has 4 nitrogen and oxygen atoms in total. The van der Waals surface area contributed by atoms with E-state index in [2.05, 4.69) is 140 Å². The average molecular weight is 679 g/mol. The van der Waals surface area contributed by atoms with Gasteiger partial charge < -0.3 is 0 Å². The smallest absolute Gasteiger partial charge is 0.187 e. The van der Waals surface area contributed by atoms with Gasteiger partial charge in [-0.3, -0.25) is 0 Å². The number of aromatic nitrogens is 3. The predicted molar refractivity (Wildman–Crippen MR) is 216 cm³/mol. The topological polar surface area (TPSA) is 43.0 Å². The minimum Gasteiger partial charge on any atom is -0.238 e. The molecule has 0 saturated carbocycles. The second-order valence-corrected chi connectivity index (χ2v) is 14.0. The van der Waals surface area contributed by atoms with E-state index in [0.29, 0.717) is 23.2 Å². The molecule has 250 valence electrons. The Balaban J connectivity index is 1.05. The van der Waals surface area contributed by atoms with Crippen LogP contribution < -0.4 is 0 Å². The van der Waals surface area contributed by atoms with Crippen molar-refractivity contribution in [2.75, 3.05) is 0 Å². The maximum absolute atomic E-state index is 7.56. The van der Waals surface area contributed by atoms with Crippen molar-refractivity contribution < 1.29 is 0 Å². The molecule has 0 N–H and O–H groups in total. The highest BCUT2D eigenvalue weighted by molar-refractivity contribution is 5.86. The molecule has 9 rings (SSSR count). The molecule has 1 aliphatic carbocycles. The van der Waals surface area contributed by atoms with E-state index in [9.17, 15) is 0 Å². The molecule has 0 saturated heterocycles. The van der Waals surface area contributed by atoms with Crippen molar-refractivity contribution in [2.45, 2.75) is 19.3 Å². The second-order valence-electron chi connectivity index (χ2n) is 14.0. The molecule has 0 bridgehead atoms. The van der Waals surface area contributed by atoms with E-state index >= 15 is 0 Å². The van der Waals surface area contributed by atoms with Crippen molar-refractivity contribution in [1.29, 1.82) is 0 Å². The largest absolute Gasteiger partial charge is 0.238 e.